The van der Waals surface area contributed by atoms with E-state index in [2.05, 4.69) is 19.6 Å². The van der Waals surface area contributed by atoms with Gasteiger partial charge in [-0.05, 0) is 0 Å². The SMILES string of the molecule is COCCOS(=O)(=O)Cl. The topological polar surface area (TPSA) is 52.6 Å². The summed E-state index contributed by atoms with van der Waals surface area (Å²) in [4.78, 5) is 0. The first-order valence-corrected chi connectivity index (χ1v) is 4.37. The standard InChI is InChI=1S/C3H7ClO4S/c1-7-2-3-8-9(4,5)6/h2-3H2,1H3. The molecular weight excluding hydrogens is 168 g/mol. The largest absolute Gasteiger partial charge is 0.382 e. The lowest BCUT2D eigenvalue weighted by atomic mass is 10.8. The smallest absolute Gasteiger partial charge is 0.355 e. The number of hydrogen-bond acceptors (Lipinski definition) is 4. The van der Waals surface area contributed by atoms with Crippen molar-refractivity contribution in [3.05, 3.63) is 0 Å². The fraction of sp³-hybridized carbons (Fsp3) is 1.00. The van der Waals surface area contributed by atoms with Crippen molar-refractivity contribution >= 4 is 20.0 Å². The van der Waals surface area contributed by atoms with Crippen LogP contribution in [-0.2, 0) is 18.3 Å². The Labute approximate surface area is 58.3 Å². The van der Waals surface area contributed by atoms with Gasteiger partial charge in [0.25, 0.3) is 0 Å². The first-order chi connectivity index (χ1) is 4.06. The van der Waals surface area contributed by atoms with E-state index in [4.69, 9.17) is 0 Å². The molecule has 0 radical (unpaired) electrons. The highest BCUT2D eigenvalue weighted by molar-refractivity contribution is 8.09. The molecule has 0 rings (SSSR count). The third-order valence-electron chi connectivity index (χ3n) is 0.512. The Morgan fingerprint density at radius 3 is 2.33 bits per heavy atom. The van der Waals surface area contributed by atoms with E-state index in [9.17, 15) is 8.42 Å². The van der Waals surface area contributed by atoms with Crippen molar-refractivity contribution in [1.82, 2.24) is 0 Å². The predicted octanol–water partition coefficient (Wildman–Crippen LogP) is 0.133. The number of methoxy groups -OCH3 is 1. The summed E-state index contributed by atoms with van der Waals surface area (Å²) in [5.41, 5.74) is 0. The van der Waals surface area contributed by atoms with E-state index in [1.54, 1.807) is 0 Å². The van der Waals surface area contributed by atoms with Gasteiger partial charge in [-0.2, -0.15) is 8.42 Å². The minimum atomic E-state index is -3.80. The maximum absolute atomic E-state index is 9.99. The molecule has 0 aliphatic carbocycles. The molecule has 6 heteroatoms. The first kappa shape index (κ1) is 9.16. The van der Waals surface area contributed by atoms with Gasteiger partial charge in [-0.25, -0.2) is 0 Å². The van der Waals surface area contributed by atoms with Crippen LogP contribution in [0.15, 0.2) is 0 Å². The molecule has 0 aromatic rings. The van der Waals surface area contributed by atoms with Gasteiger partial charge in [0.15, 0.2) is 0 Å². The summed E-state index contributed by atoms with van der Waals surface area (Å²) in [6, 6.07) is 0. The average Bonchev–Trinajstić information content (AvgIpc) is 1.63. The molecule has 56 valence electrons. The third-order valence-corrected chi connectivity index (χ3v) is 1.23. The molecule has 0 aromatic heterocycles. The summed E-state index contributed by atoms with van der Waals surface area (Å²) in [7, 11) is 2.29. The lowest BCUT2D eigenvalue weighted by molar-refractivity contribution is 0.151. The Hall–Kier alpha value is 0.160. The third kappa shape index (κ3) is 8.16. The van der Waals surface area contributed by atoms with E-state index in [1.165, 1.54) is 7.11 Å². The summed E-state index contributed by atoms with van der Waals surface area (Å²) in [6.07, 6.45) is 0. The van der Waals surface area contributed by atoms with Crippen molar-refractivity contribution < 1.29 is 17.3 Å². The van der Waals surface area contributed by atoms with Crippen LogP contribution < -0.4 is 0 Å². The Morgan fingerprint density at radius 2 is 2.00 bits per heavy atom. The molecule has 0 aromatic carbocycles. The fourth-order valence-electron chi connectivity index (χ4n) is 0.217. The Bertz CT molecular complexity index is 151. The second-order valence-electron chi connectivity index (χ2n) is 1.21. The molecule has 0 heterocycles. The van der Waals surface area contributed by atoms with Gasteiger partial charge in [0.05, 0.1) is 13.2 Å². The monoisotopic (exact) mass is 174 g/mol. The predicted molar refractivity (Wildman–Crippen MR) is 32.6 cm³/mol. The second-order valence-corrected chi connectivity index (χ2v) is 3.36. The van der Waals surface area contributed by atoms with Crippen LogP contribution in [0.1, 0.15) is 0 Å². The van der Waals surface area contributed by atoms with E-state index in [1.807, 2.05) is 0 Å². The minimum absolute atomic E-state index is 0.0394. The van der Waals surface area contributed by atoms with E-state index in [0.717, 1.165) is 0 Å². The molecule has 9 heavy (non-hydrogen) atoms. The van der Waals surface area contributed by atoms with Gasteiger partial charge in [-0.1, -0.05) is 0 Å². The van der Waals surface area contributed by atoms with Crippen LogP contribution in [0.5, 0.6) is 0 Å². The quantitative estimate of drug-likeness (QED) is 0.449. The molecule has 0 unspecified atom stereocenters. The molecule has 0 aliphatic heterocycles. The van der Waals surface area contributed by atoms with Gasteiger partial charge in [-0.3, -0.25) is 4.18 Å². The van der Waals surface area contributed by atoms with Crippen molar-refractivity contribution in [2.45, 2.75) is 0 Å². The van der Waals surface area contributed by atoms with E-state index < -0.39 is 9.33 Å². The van der Waals surface area contributed by atoms with Gasteiger partial charge in [0, 0.05) is 17.8 Å². The Balaban J connectivity index is 3.30. The Kier molecular flexibility index (Phi) is 4.12. The summed E-state index contributed by atoms with van der Waals surface area (Å²) in [5, 5.41) is 0. The number of rotatable bonds is 4. The molecule has 0 atom stereocenters. The highest BCUT2D eigenvalue weighted by atomic mass is 35.7. The van der Waals surface area contributed by atoms with Gasteiger partial charge >= 0.3 is 9.33 Å². The molecule has 0 saturated carbocycles. The van der Waals surface area contributed by atoms with Crippen LogP contribution in [-0.4, -0.2) is 28.7 Å². The zero-order valence-electron chi connectivity index (χ0n) is 4.83. The Morgan fingerprint density at radius 1 is 1.44 bits per heavy atom. The lowest BCUT2D eigenvalue weighted by Gasteiger charge is -1.95. The summed E-state index contributed by atoms with van der Waals surface area (Å²) >= 11 is 0. The lowest BCUT2D eigenvalue weighted by Crippen LogP contribution is -2.04. The minimum Gasteiger partial charge on any atom is -0.382 e. The number of ether oxygens (including phenoxy) is 1. The van der Waals surface area contributed by atoms with Gasteiger partial charge in [0.1, 0.15) is 0 Å². The van der Waals surface area contributed by atoms with Gasteiger partial charge < -0.3 is 4.74 Å². The molecule has 0 amide bonds. The molecule has 0 N–H and O–H groups in total. The summed E-state index contributed by atoms with van der Waals surface area (Å²) in [5.74, 6) is 0. The highest BCUT2D eigenvalue weighted by Crippen LogP contribution is 1.96. The van der Waals surface area contributed by atoms with E-state index in [0.29, 0.717) is 0 Å². The zero-order valence-corrected chi connectivity index (χ0v) is 6.41. The van der Waals surface area contributed by atoms with Crippen molar-refractivity contribution in [2.24, 2.45) is 0 Å². The van der Waals surface area contributed by atoms with Crippen LogP contribution >= 0.6 is 10.7 Å². The molecular formula is C3H7ClO4S. The van der Waals surface area contributed by atoms with Crippen molar-refractivity contribution in [1.29, 1.82) is 0 Å². The van der Waals surface area contributed by atoms with E-state index in [-0.39, 0.29) is 13.2 Å². The first-order valence-electron chi connectivity index (χ1n) is 2.14. The molecule has 0 fully saturated rings. The maximum atomic E-state index is 9.99. The van der Waals surface area contributed by atoms with Gasteiger partial charge in [-0.15, -0.1) is 0 Å². The average molecular weight is 175 g/mol. The van der Waals surface area contributed by atoms with Crippen molar-refractivity contribution in [3.8, 4) is 0 Å². The van der Waals surface area contributed by atoms with Crippen LogP contribution in [0.4, 0.5) is 0 Å². The highest BCUT2D eigenvalue weighted by Gasteiger charge is 2.02. The summed E-state index contributed by atoms with van der Waals surface area (Å²) < 4.78 is 28.6. The van der Waals surface area contributed by atoms with Crippen LogP contribution in [0.25, 0.3) is 0 Å². The van der Waals surface area contributed by atoms with Crippen LogP contribution in [0.2, 0.25) is 0 Å². The molecule has 0 bridgehead atoms. The van der Waals surface area contributed by atoms with Crippen molar-refractivity contribution in [2.75, 3.05) is 20.3 Å². The molecule has 0 saturated heterocycles. The number of halogens is 1. The normalized spacial score (nSPS) is 11.8. The fourth-order valence-corrected chi connectivity index (χ4v) is 0.673. The molecule has 4 nitrogen and oxygen atoms in total. The van der Waals surface area contributed by atoms with Crippen LogP contribution in [0, 0.1) is 0 Å². The van der Waals surface area contributed by atoms with Crippen LogP contribution in [0.3, 0.4) is 0 Å². The van der Waals surface area contributed by atoms with Gasteiger partial charge in [0.2, 0.25) is 0 Å². The zero-order chi connectivity index (χ0) is 7.33. The second kappa shape index (κ2) is 4.05. The van der Waals surface area contributed by atoms with Crippen molar-refractivity contribution in [3.63, 3.8) is 0 Å². The van der Waals surface area contributed by atoms with E-state index >= 15 is 0 Å². The molecule has 0 spiro atoms. The number of hydrogen-bond donors (Lipinski definition) is 0. The summed E-state index contributed by atoms with van der Waals surface area (Å²) in [6.45, 7) is 0.175. The molecule has 0 aliphatic rings. The maximum Gasteiger partial charge on any atom is 0.355 e.